The minimum Gasteiger partial charge on any atom is -0.391 e. The van der Waals surface area contributed by atoms with E-state index in [-0.39, 0.29) is 12.3 Å². The Morgan fingerprint density at radius 3 is 2.83 bits per heavy atom. The normalized spacial score (nSPS) is 12.2. The molecule has 1 aromatic rings. The van der Waals surface area contributed by atoms with Crippen LogP contribution in [0.15, 0.2) is 18.2 Å². The van der Waals surface area contributed by atoms with E-state index < -0.39 is 11.0 Å². The third-order valence-electron chi connectivity index (χ3n) is 2.44. The van der Waals surface area contributed by atoms with Crippen LogP contribution in [0, 0.1) is 17.0 Å². The van der Waals surface area contributed by atoms with Crippen molar-refractivity contribution in [2.45, 2.75) is 19.4 Å². The van der Waals surface area contributed by atoms with E-state index in [0.29, 0.717) is 18.7 Å². The van der Waals surface area contributed by atoms with Crippen LogP contribution in [0.2, 0.25) is 0 Å². The number of non-ortho nitro benzene ring substituents is 1. The molecule has 0 heterocycles. The first-order chi connectivity index (χ1) is 8.52. The van der Waals surface area contributed by atoms with Crippen LogP contribution in [0.5, 0.6) is 0 Å². The second kappa shape index (κ2) is 6.93. The Labute approximate surface area is 106 Å². The SMILES string of the molecule is COCC(O)CCNc1cc(C)cc([N+](=O)[O-])c1. The van der Waals surface area contributed by atoms with Crippen LogP contribution in [-0.2, 0) is 4.74 Å². The van der Waals surface area contributed by atoms with E-state index in [2.05, 4.69) is 5.32 Å². The number of nitro benzene ring substituents is 1. The number of aryl methyl sites for hydroxylation is 1. The Morgan fingerprint density at radius 1 is 1.50 bits per heavy atom. The van der Waals surface area contributed by atoms with E-state index in [1.54, 1.807) is 6.92 Å². The lowest BCUT2D eigenvalue weighted by atomic mass is 10.2. The predicted molar refractivity (Wildman–Crippen MR) is 68.8 cm³/mol. The first kappa shape index (κ1) is 14.4. The molecule has 0 bridgehead atoms. The minimum absolute atomic E-state index is 0.0648. The van der Waals surface area contributed by atoms with Gasteiger partial charge in [-0.3, -0.25) is 10.1 Å². The number of nitrogens with one attached hydrogen (secondary N) is 1. The first-order valence-electron chi connectivity index (χ1n) is 5.70. The van der Waals surface area contributed by atoms with Gasteiger partial charge in [-0.1, -0.05) is 0 Å². The number of aliphatic hydroxyl groups is 1. The van der Waals surface area contributed by atoms with Gasteiger partial charge in [0.05, 0.1) is 17.6 Å². The molecule has 100 valence electrons. The van der Waals surface area contributed by atoms with Crippen molar-refractivity contribution in [2.75, 3.05) is 25.6 Å². The van der Waals surface area contributed by atoms with Crippen LogP contribution >= 0.6 is 0 Å². The molecule has 0 spiro atoms. The van der Waals surface area contributed by atoms with Gasteiger partial charge in [-0.05, 0) is 25.0 Å². The zero-order valence-electron chi connectivity index (χ0n) is 10.5. The molecule has 0 aromatic heterocycles. The maximum Gasteiger partial charge on any atom is 0.271 e. The highest BCUT2D eigenvalue weighted by Gasteiger charge is 2.08. The first-order valence-corrected chi connectivity index (χ1v) is 5.70. The van der Waals surface area contributed by atoms with Crippen molar-refractivity contribution in [1.29, 1.82) is 0 Å². The molecule has 0 radical (unpaired) electrons. The third kappa shape index (κ3) is 4.68. The van der Waals surface area contributed by atoms with Crippen LogP contribution in [-0.4, -0.2) is 36.4 Å². The number of hydrogen-bond donors (Lipinski definition) is 2. The number of rotatable bonds is 7. The zero-order chi connectivity index (χ0) is 13.5. The Morgan fingerprint density at radius 2 is 2.22 bits per heavy atom. The summed E-state index contributed by atoms with van der Waals surface area (Å²) in [7, 11) is 1.53. The number of aliphatic hydroxyl groups excluding tert-OH is 1. The average molecular weight is 254 g/mol. The predicted octanol–water partition coefficient (Wildman–Crippen LogP) is 1.71. The van der Waals surface area contributed by atoms with Gasteiger partial charge in [0, 0.05) is 31.5 Å². The average Bonchev–Trinajstić information content (AvgIpc) is 2.28. The second-order valence-electron chi connectivity index (χ2n) is 4.14. The third-order valence-corrected chi connectivity index (χ3v) is 2.44. The van der Waals surface area contributed by atoms with E-state index in [4.69, 9.17) is 4.74 Å². The molecule has 0 saturated heterocycles. The molecule has 1 rings (SSSR count). The van der Waals surface area contributed by atoms with Gasteiger partial charge in [0.25, 0.3) is 5.69 Å². The monoisotopic (exact) mass is 254 g/mol. The lowest BCUT2D eigenvalue weighted by Crippen LogP contribution is -2.18. The van der Waals surface area contributed by atoms with Crippen LogP contribution in [0.3, 0.4) is 0 Å². The highest BCUT2D eigenvalue weighted by molar-refractivity contribution is 5.53. The molecule has 0 aliphatic heterocycles. The molecule has 18 heavy (non-hydrogen) atoms. The van der Waals surface area contributed by atoms with Crippen LogP contribution < -0.4 is 5.32 Å². The molecule has 1 unspecified atom stereocenters. The summed E-state index contributed by atoms with van der Waals surface area (Å²) in [5.74, 6) is 0. The summed E-state index contributed by atoms with van der Waals surface area (Å²) in [5, 5.41) is 23.2. The van der Waals surface area contributed by atoms with Gasteiger partial charge in [0.2, 0.25) is 0 Å². The number of nitrogens with zero attached hydrogens (tertiary/aromatic N) is 1. The maximum absolute atomic E-state index is 10.7. The topological polar surface area (TPSA) is 84.6 Å². The second-order valence-corrected chi connectivity index (χ2v) is 4.14. The fraction of sp³-hybridized carbons (Fsp3) is 0.500. The van der Waals surface area contributed by atoms with E-state index >= 15 is 0 Å². The van der Waals surface area contributed by atoms with Crippen LogP contribution in [0.4, 0.5) is 11.4 Å². The van der Waals surface area contributed by atoms with Crippen molar-refractivity contribution >= 4 is 11.4 Å². The standard InChI is InChI=1S/C12H18N2O4/c1-9-5-10(7-11(6-9)14(16)17)13-4-3-12(15)8-18-2/h5-7,12-13,15H,3-4,8H2,1-2H3. The molecule has 0 aliphatic rings. The molecule has 6 nitrogen and oxygen atoms in total. The summed E-state index contributed by atoms with van der Waals surface area (Å²) in [4.78, 5) is 10.3. The number of benzene rings is 1. The van der Waals surface area contributed by atoms with Crippen molar-refractivity contribution in [2.24, 2.45) is 0 Å². The molecular formula is C12H18N2O4. The Kier molecular flexibility index (Phi) is 5.54. The van der Waals surface area contributed by atoms with Crippen LogP contribution in [0.25, 0.3) is 0 Å². The van der Waals surface area contributed by atoms with Gasteiger partial charge in [-0.2, -0.15) is 0 Å². The molecule has 2 N–H and O–H groups in total. The number of anilines is 1. The van der Waals surface area contributed by atoms with Gasteiger partial charge in [-0.15, -0.1) is 0 Å². The lowest BCUT2D eigenvalue weighted by Gasteiger charge is -2.11. The van der Waals surface area contributed by atoms with Crippen molar-refractivity contribution in [3.63, 3.8) is 0 Å². The van der Waals surface area contributed by atoms with E-state index in [1.165, 1.54) is 19.2 Å². The summed E-state index contributed by atoms with van der Waals surface area (Å²) >= 11 is 0. The van der Waals surface area contributed by atoms with Gasteiger partial charge >= 0.3 is 0 Å². The summed E-state index contributed by atoms with van der Waals surface area (Å²) in [5.41, 5.74) is 1.57. The van der Waals surface area contributed by atoms with Gasteiger partial charge in [-0.25, -0.2) is 0 Å². The summed E-state index contributed by atoms with van der Waals surface area (Å²) < 4.78 is 4.81. The number of hydrogen-bond acceptors (Lipinski definition) is 5. The number of nitro groups is 1. The van der Waals surface area contributed by atoms with E-state index in [0.717, 1.165) is 5.56 Å². The quantitative estimate of drug-likeness (QED) is 0.571. The minimum atomic E-state index is -0.526. The number of ether oxygens (including phenoxy) is 1. The molecule has 0 amide bonds. The van der Waals surface area contributed by atoms with Gasteiger partial charge in [0.15, 0.2) is 0 Å². The van der Waals surface area contributed by atoms with Crippen molar-refractivity contribution < 1.29 is 14.8 Å². The highest BCUT2D eigenvalue weighted by Crippen LogP contribution is 2.20. The van der Waals surface area contributed by atoms with Gasteiger partial charge in [0.1, 0.15) is 0 Å². The van der Waals surface area contributed by atoms with Crippen molar-refractivity contribution in [3.8, 4) is 0 Å². The van der Waals surface area contributed by atoms with Crippen molar-refractivity contribution in [1.82, 2.24) is 0 Å². The number of methoxy groups -OCH3 is 1. The summed E-state index contributed by atoms with van der Waals surface area (Å²) in [6.07, 6.45) is -0.00226. The van der Waals surface area contributed by atoms with E-state index in [9.17, 15) is 15.2 Å². The molecule has 0 aliphatic carbocycles. The Bertz CT molecular complexity index is 409. The van der Waals surface area contributed by atoms with Crippen LogP contribution in [0.1, 0.15) is 12.0 Å². The molecule has 0 saturated carbocycles. The van der Waals surface area contributed by atoms with E-state index in [1.807, 2.05) is 6.07 Å². The largest absolute Gasteiger partial charge is 0.391 e. The zero-order valence-corrected chi connectivity index (χ0v) is 10.5. The lowest BCUT2D eigenvalue weighted by molar-refractivity contribution is -0.384. The maximum atomic E-state index is 10.7. The molecule has 6 heteroatoms. The molecule has 0 fully saturated rings. The molecule has 1 aromatic carbocycles. The van der Waals surface area contributed by atoms with Gasteiger partial charge < -0.3 is 15.2 Å². The highest BCUT2D eigenvalue weighted by atomic mass is 16.6. The fourth-order valence-electron chi connectivity index (χ4n) is 1.63. The fourth-order valence-corrected chi connectivity index (χ4v) is 1.63. The molecule has 1 atom stereocenters. The van der Waals surface area contributed by atoms with Crippen molar-refractivity contribution in [3.05, 3.63) is 33.9 Å². The summed E-state index contributed by atoms with van der Waals surface area (Å²) in [6, 6.07) is 4.83. The molecular weight excluding hydrogens is 236 g/mol. The Hall–Kier alpha value is -1.66. The Balaban J connectivity index is 2.54. The summed E-state index contributed by atoms with van der Waals surface area (Å²) in [6.45, 7) is 2.62. The smallest absolute Gasteiger partial charge is 0.271 e.